The van der Waals surface area contributed by atoms with Crippen LogP contribution < -0.4 is 0 Å². The van der Waals surface area contributed by atoms with E-state index >= 15 is 0 Å². The van der Waals surface area contributed by atoms with Gasteiger partial charge in [-0.3, -0.25) is 9.78 Å². The first-order valence-corrected chi connectivity index (χ1v) is 4.46. The van der Waals surface area contributed by atoms with Crippen LogP contribution in [0.25, 0.3) is 0 Å². The Labute approximate surface area is 90.4 Å². The number of amidine groups is 1. The summed E-state index contributed by atoms with van der Waals surface area (Å²) in [6.07, 6.45) is 1.43. The zero-order valence-electron chi connectivity index (χ0n) is 8.34. The number of rotatable bonds is 2. The van der Waals surface area contributed by atoms with E-state index in [2.05, 4.69) is 15.0 Å². The topological polar surface area (TPSA) is 92.0 Å². The molecular formula is C10H7N3O3. The third-order valence-electron chi connectivity index (χ3n) is 2.04. The number of aliphatic imine (C=N–C) groups is 2. The van der Waals surface area contributed by atoms with Crippen LogP contribution in [0.4, 0.5) is 0 Å². The van der Waals surface area contributed by atoms with Gasteiger partial charge >= 0.3 is 5.97 Å². The highest BCUT2D eigenvalue weighted by molar-refractivity contribution is 6.46. The molecular weight excluding hydrogens is 210 g/mol. The first-order chi connectivity index (χ1) is 7.59. The van der Waals surface area contributed by atoms with Crippen molar-refractivity contribution in [2.24, 2.45) is 9.98 Å². The van der Waals surface area contributed by atoms with E-state index in [1.165, 1.54) is 25.3 Å². The summed E-state index contributed by atoms with van der Waals surface area (Å²) in [5.41, 5.74) is 0.324. The van der Waals surface area contributed by atoms with Gasteiger partial charge in [0.25, 0.3) is 5.91 Å². The molecule has 0 bridgehead atoms. The summed E-state index contributed by atoms with van der Waals surface area (Å²) in [4.78, 5) is 33.4. The fraction of sp³-hybridized carbons (Fsp3) is 0.100. The minimum absolute atomic E-state index is 0.0208. The highest BCUT2D eigenvalue weighted by atomic mass is 16.4. The van der Waals surface area contributed by atoms with Crippen molar-refractivity contribution in [2.45, 2.75) is 6.92 Å². The maximum Gasteiger partial charge on any atom is 0.338 e. The molecule has 0 saturated carbocycles. The molecule has 0 aliphatic carbocycles. The van der Waals surface area contributed by atoms with Gasteiger partial charge in [0.05, 0.1) is 5.56 Å². The molecule has 1 aromatic heterocycles. The van der Waals surface area contributed by atoms with Gasteiger partial charge in [0.15, 0.2) is 5.84 Å². The van der Waals surface area contributed by atoms with Crippen LogP contribution in [0.15, 0.2) is 28.3 Å². The summed E-state index contributed by atoms with van der Waals surface area (Å²) in [6, 6.07) is 2.89. The second-order valence-electron chi connectivity index (χ2n) is 3.14. The standard InChI is InChI=1S/C10H7N3O3/c1-5-9(14)13-8(12-5)7-6(10(15)16)3-2-4-11-7/h2-4H,1H3,(H,15,16). The summed E-state index contributed by atoms with van der Waals surface area (Å²) < 4.78 is 0. The molecule has 6 heteroatoms. The predicted octanol–water partition coefficient (Wildman–Crippen LogP) is 0.528. The molecule has 0 fully saturated rings. The molecule has 1 aliphatic rings. The number of hydrogen-bond acceptors (Lipinski definition) is 4. The molecule has 80 valence electrons. The average molecular weight is 217 g/mol. The summed E-state index contributed by atoms with van der Waals surface area (Å²) in [5.74, 6) is -1.53. The van der Waals surface area contributed by atoms with Gasteiger partial charge in [-0.2, -0.15) is 4.99 Å². The van der Waals surface area contributed by atoms with Crippen LogP contribution in [0.1, 0.15) is 23.0 Å². The smallest absolute Gasteiger partial charge is 0.338 e. The lowest BCUT2D eigenvalue weighted by Gasteiger charge is -2.00. The molecule has 0 saturated heterocycles. The molecule has 0 aromatic carbocycles. The molecule has 1 aromatic rings. The fourth-order valence-electron chi connectivity index (χ4n) is 1.27. The van der Waals surface area contributed by atoms with E-state index in [0.717, 1.165) is 0 Å². The molecule has 6 nitrogen and oxygen atoms in total. The SMILES string of the molecule is CC1=NC(c2ncccc2C(=O)O)=NC1=O. The summed E-state index contributed by atoms with van der Waals surface area (Å²) in [7, 11) is 0. The van der Waals surface area contributed by atoms with E-state index in [-0.39, 0.29) is 22.8 Å². The third kappa shape index (κ3) is 1.60. The van der Waals surface area contributed by atoms with Crippen molar-refractivity contribution < 1.29 is 14.7 Å². The first-order valence-electron chi connectivity index (χ1n) is 4.46. The third-order valence-corrected chi connectivity index (χ3v) is 2.04. The van der Waals surface area contributed by atoms with Crippen LogP contribution in [-0.4, -0.2) is 33.5 Å². The minimum Gasteiger partial charge on any atom is -0.478 e. The summed E-state index contributed by atoms with van der Waals surface area (Å²) >= 11 is 0. The minimum atomic E-state index is -1.13. The van der Waals surface area contributed by atoms with E-state index < -0.39 is 11.9 Å². The highest BCUT2D eigenvalue weighted by Crippen LogP contribution is 2.11. The zero-order chi connectivity index (χ0) is 11.7. The number of carboxylic acids is 1. The van der Waals surface area contributed by atoms with E-state index in [9.17, 15) is 9.59 Å². The lowest BCUT2D eigenvalue weighted by Crippen LogP contribution is -2.09. The Hall–Kier alpha value is -2.37. The molecule has 1 amide bonds. The van der Waals surface area contributed by atoms with E-state index in [1.807, 2.05) is 0 Å². The second kappa shape index (κ2) is 3.65. The number of carboxylic acid groups (broad SMARTS) is 1. The number of aromatic carboxylic acids is 1. The lowest BCUT2D eigenvalue weighted by atomic mass is 10.2. The van der Waals surface area contributed by atoms with E-state index in [1.54, 1.807) is 0 Å². The Morgan fingerprint density at radius 1 is 1.38 bits per heavy atom. The van der Waals surface area contributed by atoms with Crippen molar-refractivity contribution in [3.63, 3.8) is 0 Å². The molecule has 2 heterocycles. The second-order valence-corrected chi connectivity index (χ2v) is 3.14. The molecule has 1 aliphatic heterocycles. The Balaban J connectivity index is 2.54. The monoisotopic (exact) mass is 217 g/mol. The van der Waals surface area contributed by atoms with Crippen LogP contribution in [0.5, 0.6) is 0 Å². The number of carbonyl (C=O) groups excluding carboxylic acids is 1. The lowest BCUT2D eigenvalue weighted by molar-refractivity contribution is -0.111. The Kier molecular flexibility index (Phi) is 2.32. The molecule has 0 radical (unpaired) electrons. The Morgan fingerprint density at radius 3 is 2.69 bits per heavy atom. The number of carbonyl (C=O) groups is 2. The van der Waals surface area contributed by atoms with Gasteiger partial charge in [-0.1, -0.05) is 0 Å². The zero-order valence-corrected chi connectivity index (χ0v) is 8.34. The highest BCUT2D eigenvalue weighted by Gasteiger charge is 2.22. The van der Waals surface area contributed by atoms with Crippen LogP contribution >= 0.6 is 0 Å². The summed E-state index contributed by atoms with van der Waals surface area (Å²) in [5, 5.41) is 8.93. The Morgan fingerprint density at radius 2 is 2.12 bits per heavy atom. The average Bonchev–Trinajstić information content (AvgIpc) is 2.59. The van der Waals surface area contributed by atoms with Crippen LogP contribution in [-0.2, 0) is 4.79 Å². The normalized spacial score (nSPS) is 14.7. The van der Waals surface area contributed by atoms with Crippen molar-refractivity contribution in [2.75, 3.05) is 0 Å². The van der Waals surface area contributed by atoms with Gasteiger partial charge < -0.3 is 5.11 Å². The number of nitrogens with zero attached hydrogens (tertiary/aromatic N) is 3. The molecule has 0 unspecified atom stereocenters. The number of hydrogen-bond donors (Lipinski definition) is 1. The van der Waals surface area contributed by atoms with E-state index in [0.29, 0.717) is 0 Å². The van der Waals surface area contributed by atoms with Gasteiger partial charge in [0.2, 0.25) is 0 Å². The fourth-order valence-corrected chi connectivity index (χ4v) is 1.27. The van der Waals surface area contributed by atoms with Gasteiger partial charge in [0.1, 0.15) is 11.4 Å². The number of aromatic nitrogens is 1. The summed E-state index contributed by atoms with van der Waals surface area (Å²) in [6.45, 7) is 1.52. The van der Waals surface area contributed by atoms with Crippen molar-refractivity contribution >= 4 is 23.4 Å². The first kappa shape index (κ1) is 10.2. The number of amides is 1. The van der Waals surface area contributed by atoms with Crippen LogP contribution in [0.3, 0.4) is 0 Å². The predicted molar refractivity (Wildman–Crippen MR) is 55.8 cm³/mol. The quantitative estimate of drug-likeness (QED) is 0.781. The molecule has 0 atom stereocenters. The maximum atomic E-state index is 11.1. The van der Waals surface area contributed by atoms with Gasteiger partial charge in [-0.05, 0) is 19.1 Å². The molecule has 0 spiro atoms. The van der Waals surface area contributed by atoms with Crippen LogP contribution in [0, 0.1) is 0 Å². The molecule has 2 rings (SSSR count). The van der Waals surface area contributed by atoms with Gasteiger partial charge in [-0.25, -0.2) is 9.79 Å². The number of pyridine rings is 1. The van der Waals surface area contributed by atoms with Crippen molar-refractivity contribution in [3.8, 4) is 0 Å². The Bertz CT molecular complexity index is 546. The van der Waals surface area contributed by atoms with Crippen LogP contribution in [0.2, 0.25) is 0 Å². The van der Waals surface area contributed by atoms with E-state index in [4.69, 9.17) is 5.11 Å². The largest absolute Gasteiger partial charge is 0.478 e. The van der Waals surface area contributed by atoms with Gasteiger partial charge in [0, 0.05) is 6.20 Å². The van der Waals surface area contributed by atoms with Crippen molar-refractivity contribution in [3.05, 3.63) is 29.6 Å². The van der Waals surface area contributed by atoms with Crippen molar-refractivity contribution in [1.82, 2.24) is 4.98 Å². The van der Waals surface area contributed by atoms with Crippen molar-refractivity contribution in [1.29, 1.82) is 0 Å². The van der Waals surface area contributed by atoms with Gasteiger partial charge in [-0.15, -0.1) is 0 Å². The molecule has 1 N–H and O–H groups in total. The molecule has 16 heavy (non-hydrogen) atoms. The maximum absolute atomic E-state index is 11.1.